The van der Waals surface area contributed by atoms with Gasteiger partial charge in [-0.25, -0.2) is 9.59 Å². The molecule has 6 N–H and O–H groups in total. The van der Waals surface area contributed by atoms with Crippen molar-refractivity contribution in [2.24, 2.45) is 0 Å². The number of hydrogen-bond acceptors (Lipinski definition) is 12. The minimum atomic E-state index is -1.54. The maximum absolute atomic E-state index is 12.8. The summed E-state index contributed by atoms with van der Waals surface area (Å²) in [4.78, 5) is 25.6. The van der Waals surface area contributed by atoms with E-state index in [0.29, 0.717) is 0 Å². The van der Waals surface area contributed by atoms with Crippen LogP contribution in [0.3, 0.4) is 0 Å². The third-order valence-corrected chi connectivity index (χ3v) is 5.52. The summed E-state index contributed by atoms with van der Waals surface area (Å²) < 4.78 is 32.8. The van der Waals surface area contributed by atoms with E-state index in [2.05, 4.69) is 23.8 Å². The lowest BCUT2D eigenvalue weighted by Gasteiger charge is -2.46. The molecule has 0 aliphatic carbocycles. The first-order valence-electron chi connectivity index (χ1n) is 10.6. The molecule has 0 spiro atoms. The van der Waals surface area contributed by atoms with Crippen molar-refractivity contribution in [1.82, 2.24) is 10.6 Å². The Morgan fingerprint density at radius 1 is 0.794 bits per heavy atom. The van der Waals surface area contributed by atoms with Crippen molar-refractivity contribution in [3.05, 3.63) is 25.3 Å². The zero-order valence-corrected chi connectivity index (χ0v) is 18.2. The molecule has 3 aliphatic heterocycles. The molecule has 0 aromatic carbocycles. The zero-order chi connectivity index (χ0) is 24.8. The first-order valence-corrected chi connectivity index (χ1v) is 10.6. The monoisotopic (exact) mass is 490 g/mol. The highest BCUT2D eigenvalue weighted by Gasteiger charge is 2.53. The fraction of sp³-hybridized carbons (Fsp3) is 0.700. The summed E-state index contributed by atoms with van der Waals surface area (Å²) in [7, 11) is 0. The molecule has 3 fully saturated rings. The van der Waals surface area contributed by atoms with Gasteiger partial charge in [0.15, 0.2) is 24.8 Å². The number of fused-ring (bicyclic) bond motifs is 2. The number of aliphatic hydroxyl groups is 4. The molecule has 14 heteroatoms. The van der Waals surface area contributed by atoms with Gasteiger partial charge in [0.1, 0.15) is 36.5 Å². The number of carbonyl (C=O) groups excluding carboxylic acids is 2. The summed E-state index contributed by atoms with van der Waals surface area (Å²) in [6.07, 6.45) is -10.1. The largest absolute Gasteiger partial charge is 0.441 e. The van der Waals surface area contributed by atoms with Crippen molar-refractivity contribution in [2.75, 3.05) is 26.4 Å². The fourth-order valence-electron chi connectivity index (χ4n) is 3.92. The van der Waals surface area contributed by atoms with E-state index in [1.165, 1.54) is 12.2 Å². The predicted molar refractivity (Wildman–Crippen MR) is 110 cm³/mol. The molecule has 3 rings (SSSR count). The Morgan fingerprint density at radius 2 is 1.18 bits per heavy atom. The minimum Gasteiger partial charge on any atom is -0.441 e. The second kappa shape index (κ2) is 11.9. The lowest BCUT2D eigenvalue weighted by atomic mass is 9.95. The van der Waals surface area contributed by atoms with Crippen molar-refractivity contribution >= 4 is 12.2 Å². The maximum Gasteiger partial charge on any atom is 0.408 e. The van der Waals surface area contributed by atoms with E-state index >= 15 is 0 Å². The Bertz CT molecular complexity index is 678. The quantitative estimate of drug-likeness (QED) is 0.196. The van der Waals surface area contributed by atoms with E-state index < -0.39 is 86.7 Å². The van der Waals surface area contributed by atoms with Crippen LogP contribution < -0.4 is 10.6 Å². The molecule has 192 valence electrons. The second-order valence-corrected chi connectivity index (χ2v) is 7.76. The molecule has 14 nitrogen and oxygen atoms in total. The summed E-state index contributed by atoms with van der Waals surface area (Å²) in [6, 6.07) is -2.52. The second-order valence-electron chi connectivity index (χ2n) is 7.76. The number of amides is 2. The number of aliphatic hydroxyl groups excluding tert-OH is 4. The van der Waals surface area contributed by atoms with Gasteiger partial charge in [0, 0.05) is 0 Å². The van der Waals surface area contributed by atoms with Crippen molar-refractivity contribution in [3.8, 4) is 0 Å². The topological polar surface area (TPSA) is 194 Å². The first kappa shape index (κ1) is 26.3. The van der Waals surface area contributed by atoms with E-state index in [4.69, 9.17) is 28.4 Å². The van der Waals surface area contributed by atoms with Crippen LogP contribution in [0.25, 0.3) is 0 Å². The predicted octanol–water partition coefficient (Wildman–Crippen LogP) is -2.51. The van der Waals surface area contributed by atoms with E-state index in [0.717, 1.165) is 0 Å². The average molecular weight is 490 g/mol. The fourth-order valence-corrected chi connectivity index (χ4v) is 3.92. The molecule has 0 radical (unpaired) electrons. The Hall–Kier alpha value is -2.30. The number of nitrogens with one attached hydrogen (secondary N) is 2. The normalized spacial score (nSPS) is 40.4. The Labute approximate surface area is 195 Å². The third kappa shape index (κ3) is 5.67. The molecule has 0 saturated carbocycles. The summed E-state index contributed by atoms with van der Waals surface area (Å²) in [6.45, 7) is 5.75. The van der Waals surface area contributed by atoms with Crippen LogP contribution in [-0.2, 0) is 28.4 Å². The number of alkyl carbamates (subject to hydrolysis) is 2. The number of ether oxygens (including phenoxy) is 6. The Balaban J connectivity index is 1.91. The molecule has 0 unspecified atom stereocenters. The van der Waals surface area contributed by atoms with Crippen LogP contribution in [0.5, 0.6) is 0 Å². The minimum absolute atomic E-state index is 0.0215. The lowest BCUT2D eigenvalue weighted by Crippen LogP contribution is -2.70. The van der Waals surface area contributed by atoms with E-state index in [1.807, 2.05) is 0 Å². The molecule has 2 amide bonds. The van der Waals surface area contributed by atoms with Crippen LogP contribution in [0, 0.1) is 0 Å². The van der Waals surface area contributed by atoms with Gasteiger partial charge in [0.25, 0.3) is 0 Å². The van der Waals surface area contributed by atoms with Crippen LogP contribution in [0.15, 0.2) is 25.3 Å². The number of rotatable bonds is 8. The molecule has 0 aromatic heterocycles. The van der Waals surface area contributed by atoms with Crippen LogP contribution >= 0.6 is 0 Å². The van der Waals surface area contributed by atoms with Gasteiger partial charge < -0.3 is 59.5 Å². The molecule has 34 heavy (non-hydrogen) atoms. The lowest BCUT2D eigenvalue weighted by molar-refractivity contribution is -0.276. The molecule has 0 bridgehead atoms. The van der Waals surface area contributed by atoms with Gasteiger partial charge in [-0.05, 0) is 0 Å². The summed E-state index contributed by atoms with van der Waals surface area (Å²) in [5, 5.41) is 45.2. The summed E-state index contributed by atoms with van der Waals surface area (Å²) >= 11 is 0. The highest BCUT2D eigenvalue weighted by Crippen LogP contribution is 2.29. The zero-order valence-electron chi connectivity index (χ0n) is 18.2. The molecule has 3 aliphatic rings. The van der Waals surface area contributed by atoms with Crippen molar-refractivity contribution in [3.63, 3.8) is 0 Å². The Kier molecular flexibility index (Phi) is 9.21. The van der Waals surface area contributed by atoms with Crippen LogP contribution in [-0.4, -0.2) is 120 Å². The van der Waals surface area contributed by atoms with Gasteiger partial charge in [-0.2, -0.15) is 0 Å². The van der Waals surface area contributed by atoms with Crippen LogP contribution in [0.1, 0.15) is 0 Å². The molecule has 0 aromatic rings. The standard InChI is InChI=1S/C20H30N2O12/c1-3-5-29-17-11-15(13(25)9(7-23)31-17)33-20(28)22-12-16(34-19(27)21-11)14(26)10(8-24)32-18(12)30-6-4-2/h3-4,9-18,23-26H,1-2,5-8H2,(H,21,27)(H,22,28)/t9-,10-,11-,12-,13-,14-,15-,16-,17+,18+/m1/s1. The van der Waals surface area contributed by atoms with Crippen molar-refractivity contribution in [1.29, 1.82) is 0 Å². The van der Waals surface area contributed by atoms with Crippen LogP contribution in [0.4, 0.5) is 9.59 Å². The molecular weight excluding hydrogens is 460 g/mol. The molecular formula is C20H30N2O12. The third-order valence-electron chi connectivity index (χ3n) is 5.52. The first-order chi connectivity index (χ1) is 16.3. The summed E-state index contributed by atoms with van der Waals surface area (Å²) in [5.41, 5.74) is 0. The van der Waals surface area contributed by atoms with E-state index in [-0.39, 0.29) is 13.2 Å². The van der Waals surface area contributed by atoms with Gasteiger partial charge >= 0.3 is 12.2 Å². The SMILES string of the molecule is C=CCO[C@H]1O[C@H](CO)[C@@H](O)[C@@H]2OC(=O)N[C@H]3[C@@H](OCC=C)O[C@H](CO)[C@@H](O)[C@@H]3OC(=O)N[C@@H]12. The molecule has 3 saturated heterocycles. The van der Waals surface area contributed by atoms with Gasteiger partial charge in [-0.15, -0.1) is 13.2 Å². The van der Waals surface area contributed by atoms with Crippen molar-refractivity contribution in [2.45, 2.75) is 61.3 Å². The number of hydrogen-bond donors (Lipinski definition) is 6. The maximum atomic E-state index is 12.8. The molecule has 3 heterocycles. The highest BCUT2D eigenvalue weighted by molar-refractivity contribution is 5.71. The highest BCUT2D eigenvalue weighted by atomic mass is 16.7. The van der Waals surface area contributed by atoms with Crippen molar-refractivity contribution < 1.29 is 58.4 Å². The van der Waals surface area contributed by atoms with Gasteiger partial charge in [-0.3, -0.25) is 0 Å². The Morgan fingerprint density at radius 3 is 1.50 bits per heavy atom. The summed E-state index contributed by atoms with van der Waals surface area (Å²) in [5.74, 6) is 0. The van der Waals surface area contributed by atoms with E-state index in [9.17, 15) is 30.0 Å². The smallest absolute Gasteiger partial charge is 0.408 e. The number of carbonyl (C=O) groups is 2. The van der Waals surface area contributed by atoms with Gasteiger partial charge in [0.05, 0.1) is 26.4 Å². The average Bonchev–Trinajstić information content (AvgIpc) is 2.82. The van der Waals surface area contributed by atoms with Gasteiger partial charge in [0.2, 0.25) is 0 Å². The van der Waals surface area contributed by atoms with Gasteiger partial charge in [-0.1, -0.05) is 12.2 Å². The van der Waals surface area contributed by atoms with Crippen LogP contribution in [0.2, 0.25) is 0 Å². The molecule has 10 atom stereocenters. The van der Waals surface area contributed by atoms with E-state index in [1.54, 1.807) is 0 Å².